The SMILES string of the molecule is COC(=O)C1CCN(C(=O)[C@H](Cc2ccc(F)cc2)NC(=O)c2cc3cc(Cl)ncc3[nH]2)CC1. The van der Waals surface area contributed by atoms with E-state index in [9.17, 15) is 18.8 Å². The molecule has 8 nitrogen and oxygen atoms in total. The average Bonchev–Trinajstić information content (AvgIpc) is 3.27. The number of likely N-dealkylation sites (tertiary alicyclic amines) is 1. The quantitative estimate of drug-likeness (QED) is 0.411. The molecular weight excluding hydrogens is 463 g/mol. The summed E-state index contributed by atoms with van der Waals surface area (Å²) in [6.45, 7) is 0.760. The number of benzene rings is 1. The first-order chi connectivity index (χ1) is 16.3. The number of hydrogen-bond acceptors (Lipinski definition) is 5. The molecular formula is C24H24ClFN4O4. The van der Waals surface area contributed by atoms with Crippen LogP contribution in [-0.4, -0.2) is 58.9 Å². The second-order valence-corrected chi connectivity index (χ2v) is 8.64. The smallest absolute Gasteiger partial charge is 0.308 e. The van der Waals surface area contributed by atoms with Crippen LogP contribution < -0.4 is 5.32 Å². The molecule has 1 aliphatic heterocycles. The summed E-state index contributed by atoms with van der Waals surface area (Å²) in [7, 11) is 1.35. The third kappa shape index (κ3) is 5.36. The Balaban J connectivity index is 1.52. The number of H-pyrrole nitrogens is 1. The van der Waals surface area contributed by atoms with Crippen molar-refractivity contribution < 1.29 is 23.5 Å². The van der Waals surface area contributed by atoms with Gasteiger partial charge in [0.2, 0.25) is 5.91 Å². The van der Waals surface area contributed by atoms with E-state index in [1.54, 1.807) is 29.2 Å². The third-order valence-corrected chi connectivity index (χ3v) is 6.22. The van der Waals surface area contributed by atoms with Gasteiger partial charge in [0.15, 0.2) is 0 Å². The van der Waals surface area contributed by atoms with Crippen molar-refractivity contribution in [2.45, 2.75) is 25.3 Å². The topological polar surface area (TPSA) is 104 Å². The summed E-state index contributed by atoms with van der Waals surface area (Å²) in [4.78, 5) is 46.9. The summed E-state index contributed by atoms with van der Waals surface area (Å²) in [5.74, 6) is -1.63. The predicted molar refractivity (Wildman–Crippen MR) is 124 cm³/mol. The van der Waals surface area contributed by atoms with E-state index in [0.717, 1.165) is 5.39 Å². The first kappa shape index (κ1) is 23.7. The van der Waals surface area contributed by atoms with Gasteiger partial charge < -0.3 is 19.9 Å². The Morgan fingerprint density at radius 3 is 2.62 bits per heavy atom. The zero-order valence-corrected chi connectivity index (χ0v) is 19.3. The maximum absolute atomic E-state index is 13.4. The average molecular weight is 487 g/mol. The number of aromatic nitrogens is 2. The van der Waals surface area contributed by atoms with Crippen molar-refractivity contribution in [1.82, 2.24) is 20.2 Å². The standard InChI is InChI=1S/C24H24ClFN4O4/c1-34-24(33)15-6-8-30(9-7-15)23(32)19(10-14-2-4-17(26)5-3-14)29-22(31)18-11-16-12-21(25)27-13-20(16)28-18/h2-5,11-13,15,19,28H,6-10H2,1H3,(H,29,31)/t19-/m0/s1. The molecule has 2 amide bonds. The third-order valence-electron chi connectivity index (χ3n) is 6.01. The van der Waals surface area contributed by atoms with E-state index < -0.39 is 11.9 Å². The van der Waals surface area contributed by atoms with Gasteiger partial charge in [-0.2, -0.15) is 0 Å². The van der Waals surface area contributed by atoms with Gasteiger partial charge in [-0.05, 0) is 42.7 Å². The summed E-state index contributed by atoms with van der Waals surface area (Å²) in [5, 5.41) is 3.84. The Hall–Kier alpha value is -3.46. The summed E-state index contributed by atoms with van der Waals surface area (Å²) in [6, 6.07) is 8.20. The molecule has 1 fully saturated rings. The predicted octanol–water partition coefficient (Wildman–Crippen LogP) is 3.11. The summed E-state index contributed by atoms with van der Waals surface area (Å²) >= 11 is 5.93. The molecule has 3 aromatic rings. The van der Waals surface area contributed by atoms with Gasteiger partial charge in [-0.1, -0.05) is 23.7 Å². The summed E-state index contributed by atoms with van der Waals surface area (Å²) < 4.78 is 18.2. The number of aromatic amines is 1. The van der Waals surface area contributed by atoms with Crippen LogP contribution in [0.1, 0.15) is 28.9 Å². The largest absolute Gasteiger partial charge is 0.469 e. The Bertz CT molecular complexity index is 1210. The minimum atomic E-state index is -0.874. The van der Waals surface area contributed by atoms with Gasteiger partial charge in [-0.25, -0.2) is 9.37 Å². The van der Waals surface area contributed by atoms with E-state index in [-0.39, 0.29) is 35.7 Å². The van der Waals surface area contributed by atoms with E-state index in [1.807, 2.05) is 0 Å². The van der Waals surface area contributed by atoms with Crippen molar-refractivity contribution in [2.24, 2.45) is 5.92 Å². The van der Waals surface area contributed by atoms with Crippen LogP contribution in [0.15, 0.2) is 42.6 Å². The summed E-state index contributed by atoms with van der Waals surface area (Å²) in [5.41, 5.74) is 1.61. The van der Waals surface area contributed by atoms with Gasteiger partial charge in [0, 0.05) is 24.9 Å². The number of methoxy groups -OCH3 is 1. The number of nitrogens with zero attached hydrogens (tertiary/aromatic N) is 2. The van der Waals surface area contributed by atoms with Gasteiger partial charge in [-0.15, -0.1) is 0 Å². The zero-order chi connectivity index (χ0) is 24.2. The number of amides is 2. The lowest BCUT2D eigenvalue weighted by atomic mass is 9.95. The first-order valence-corrected chi connectivity index (χ1v) is 11.3. The number of pyridine rings is 1. The van der Waals surface area contributed by atoms with Gasteiger partial charge in [0.05, 0.1) is 24.7 Å². The van der Waals surface area contributed by atoms with Crippen LogP contribution in [-0.2, 0) is 20.7 Å². The number of esters is 1. The van der Waals surface area contributed by atoms with Crippen molar-refractivity contribution >= 4 is 40.3 Å². The van der Waals surface area contributed by atoms with E-state index >= 15 is 0 Å². The highest BCUT2D eigenvalue weighted by atomic mass is 35.5. The Labute approximate surface area is 200 Å². The molecule has 1 saturated heterocycles. The number of carbonyl (C=O) groups is 3. The second-order valence-electron chi connectivity index (χ2n) is 8.26. The maximum Gasteiger partial charge on any atom is 0.308 e. The zero-order valence-electron chi connectivity index (χ0n) is 18.5. The molecule has 4 rings (SSSR count). The number of rotatable bonds is 6. The highest BCUT2D eigenvalue weighted by molar-refractivity contribution is 6.30. The highest BCUT2D eigenvalue weighted by Crippen LogP contribution is 2.21. The number of fused-ring (bicyclic) bond motifs is 1. The van der Waals surface area contributed by atoms with Crippen molar-refractivity contribution in [1.29, 1.82) is 0 Å². The van der Waals surface area contributed by atoms with Crippen molar-refractivity contribution in [2.75, 3.05) is 20.2 Å². The normalized spacial score (nSPS) is 15.2. The molecule has 1 aromatic carbocycles. The Kier molecular flexibility index (Phi) is 7.12. The molecule has 2 aromatic heterocycles. The van der Waals surface area contributed by atoms with Crippen LogP contribution in [0.2, 0.25) is 5.15 Å². The second kappa shape index (κ2) is 10.2. The molecule has 34 heavy (non-hydrogen) atoms. The number of piperidine rings is 1. The van der Waals surface area contributed by atoms with Gasteiger partial charge in [0.1, 0.15) is 22.7 Å². The number of nitrogens with one attached hydrogen (secondary N) is 2. The number of ether oxygens (including phenoxy) is 1. The summed E-state index contributed by atoms with van der Waals surface area (Å²) in [6.07, 6.45) is 2.70. The fourth-order valence-corrected chi connectivity index (χ4v) is 4.31. The molecule has 1 atom stereocenters. The van der Waals surface area contributed by atoms with Crippen LogP contribution in [0.5, 0.6) is 0 Å². The van der Waals surface area contributed by atoms with E-state index in [1.165, 1.54) is 25.4 Å². The van der Waals surface area contributed by atoms with Crippen LogP contribution in [0.25, 0.3) is 10.9 Å². The van der Waals surface area contributed by atoms with Gasteiger partial charge in [0.25, 0.3) is 5.91 Å². The number of hydrogen-bond donors (Lipinski definition) is 2. The molecule has 0 radical (unpaired) electrons. The lowest BCUT2D eigenvalue weighted by molar-refractivity contribution is -0.149. The highest BCUT2D eigenvalue weighted by Gasteiger charge is 2.32. The molecule has 2 N–H and O–H groups in total. The number of carbonyl (C=O) groups excluding carboxylic acids is 3. The first-order valence-electron chi connectivity index (χ1n) is 10.9. The molecule has 0 saturated carbocycles. The Morgan fingerprint density at radius 2 is 1.94 bits per heavy atom. The van der Waals surface area contributed by atoms with Gasteiger partial charge >= 0.3 is 5.97 Å². The molecule has 0 aliphatic carbocycles. The van der Waals surface area contributed by atoms with E-state index in [0.29, 0.717) is 42.2 Å². The van der Waals surface area contributed by atoms with Crippen LogP contribution >= 0.6 is 11.6 Å². The molecule has 0 spiro atoms. The van der Waals surface area contributed by atoms with Crippen LogP contribution in [0.3, 0.4) is 0 Å². The molecule has 0 unspecified atom stereocenters. The maximum atomic E-state index is 13.4. The van der Waals surface area contributed by atoms with E-state index in [4.69, 9.17) is 16.3 Å². The fraction of sp³-hybridized carbons (Fsp3) is 0.333. The molecule has 0 bridgehead atoms. The number of halogens is 2. The lowest BCUT2D eigenvalue weighted by Crippen LogP contribution is -2.52. The minimum absolute atomic E-state index is 0.190. The van der Waals surface area contributed by atoms with Crippen LogP contribution in [0, 0.1) is 11.7 Å². The molecule has 10 heteroatoms. The fourth-order valence-electron chi connectivity index (χ4n) is 4.14. The van der Waals surface area contributed by atoms with E-state index in [2.05, 4.69) is 15.3 Å². The van der Waals surface area contributed by atoms with Gasteiger partial charge in [-0.3, -0.25) is 14.4 Å². The minimum Gasteiger partial charge on any atom is -0.469 e. The lowest BCUT2D eigenvalue weighted by Gasteiger charge is -2.33. The Morgan fingerprint density at radius 1 is 1.24 bits per heavy atom. The molecule has 3 heterocycles. The van der Waals surface area contributed by atoms with Crippen molar-refractivity contribution in [3.05, 3.63) is 64.8 Å². The monoisotopic (exact) mass is 486 g/mol. The molecule has 178 valence electrons. The molecule has 1 aliphatic rings. The van der Waals surface area contributed by atoms with Crippen LogP contribution in [0.4, 0.5) is 4.39 Å². The van der Waals surface area contributed by atoms with Crippen molar-refractivity contribution in [3.63, 3.8) is 0 Å². The van der Waals surface area contributed by atoms with Crippen molar-refractivity contribution in [3.8, 4) is 0 Å².